The number of anilines is 1. The third-order valence-corrected chi connectivity index (χ3v) is 2.99. The molecule has 1 saturated heterocycles. The lowest BCUT2D eigenvalue weighted by atomic mass is 10.1. The Hall–Kier alpha value is -2.08. The van der Waals surface area contributed by atoms with Crippen LogP contribution in [0.2, 0.25) is 0 Å². The number of ether oxygens (including phenoxy) is 1. The summed E-state index contributed by atoms with van der Waals surface area (Å²) in [4.78, 5) is 23.4. The molecule has 0 spiro atoms. The fourth-order valence-electron chi connectivity index (χ4n) is 2.01. The third kappa shape index (κ3) is 3.69. The fourth-order valence-corrected chi connectivity index (χ4v) is 2.01. The molecule has 0 bridgehead atoms. The van der Waals surface area contributed by atoms with Crippen molar-refractivity contribution in [2.75, 3.05) is 25.5 Å². The summed E-state index contributed by atoms with van der Waals surface area (Å²) in [6.45, 7) is 1.47. The molecular formula is C13H18N3O3+. The van der Waals surface area contributed by atoms with Gasteiger partial charge in [-0.3, -0.25) is 9.59 Å². The molecule has 0 radical (unpaired) electrons. The predicted molar refractivity (Wildman–Crippen MR) is 69.8 cm³/mol. The van der Waals surface area contributed by atoms with Crippen molar-refractivity contribution < 1.29 is 19.6 Å². The zero-order chi connectivity index (χ0) is 13.7. The molecule has 4 N–H and O–H groups in total. The summed E-state index contributed by atoms with van der Waals surface area (Å²) in [6, 6.07) is 6.79. The van der Waals surface area contributed by atoms with E-state index in [0.717, 1.165) is 6.54 Å². The maximum Gasteiger partial charge on any atom is 0.278 e. The van der Waals surface area contributed by atoms with E-state index in [1.807, 2.05) is 5.32 Å². The normalized spacial score (nSPS) is 18.6. The number of methoxy groups -OCH3 is 1. The van der Waals surface area contributed by atoms with Gasteiger partial charge in [-0.1, -0.05) is 6.07 Å². The minimum Gasteiger partial charge on any atom is -0.497 e. The largest absolute Gasteiger partial charge is 0.497 e. The van der Waals surface area contributed by atoms with Crippen LogP contribution in [0.5, 0.6) is 5.75 Å². The summed E-state index contributed by atoms with van der Waals surface area (Å²) in [7, 11) is 1.57. The van der Waals surface area contributed by atoms with Gasteiger partial charge >= 0.3 is 0 Å². The van der Waals surface area contributed by atoms with E-state index in [1.54, 1.807) is 31.4 Å². The van der Waals surface area contributed by atoms with Crippen LogP contribution < -0.4 is 20.7 Å². The molecule has 0 aromatic heterocycles. The minimum absolute atomic E-state index is 0.0768. The van der Waals surface area contributed by atoms with E-state index in [2.05, 4.69) is 10.6 Å². The van der Waals surface area contributed by atoms with Gasteiger partial charge in [-0.2, -0.15) is 0 Å². The average molecular weight is 264 g/mol. The third-order valence-electron chi connectivity index (χ3n) is 2.99. The number of benzene rings is 1. The number of amides is 2. The number of quaternary nitrogens is 1. The molecule has 0 saturated carbocycles. The Morgan fingerprint density at radius 2 is 2.42 bits per heavy atom. The predicted octanol–water partition coefficient (Wildman–Crippen LogP) is -0.914. The minimum atomic E-state index is -0.334. The first-order chi connectivity index (χ1) is 9.19. The van der Waals surface area contributed by atoms with Gasteiger partial charge in [0.15, 0.2) is 6.04 Å². The van der Waals surface area contributed by atoms with Gasteiger partial charge in [-0.25, -0.2) is 0 Å². The van der Waals surface area contributed by atoms with Crippen molar-refractivity contribution in [3.8, 4) is 5.75 Å². The van der Waals surface area contributed by atoms with Crippen LogP contribution in [0.1, 0.15) is 6.42 Å². The standard InChI is InChI=1S/C13H17N3O3/c1-19-10-4-2-3-9(7-10)16-12(17)8-11-13(18)15-6-5-14-11/h2-4,7,11,14H,5-6,8H2,1H3,(H,15,18)(H,16,17)/p+1/t11-/m1/s1. The molecule has 1 heterocycles. The van der Waals surface area contributed by atoms with Gasteiger partial charge in [0.05, 0.1) is 26.6 Å². The van der Waals surface area contributed by atoms with Crippen LogP contribution in [-0.4, -0.2) is 38.1 Å². The summed E-state index contributed by atoms with van der Waals surface area (Å²) in [5, 5.41) is 7.41. The monoisotopic (exact) mass is 264 g/mol. The highest BCUT2D eigenvalue weighted by molar-refractivity contribution is 5.95. The Labute approximate surface area is 111 Å². The number of nitrogens with two attached hydrogens (primary N) is 1. The van der Waals surface area contributed by atoms with Crippen LogP contribution in [0, 0.1) is 0 Å². The Kier molecular flexibility index (Phi) is 4.35. The van der Waals surface area contributed by atoms with Crippen LogP contribution in [0.15, 0.2) is 24.3 Å². The van der Waals surface area contributed by atoms with Gasteiger partial charge in [0.2, 0.25) is 5.91 Å². The summed E-state index contributed by atoms with van der Waals surface area (Å²) in [5.41, 5.74) is 0.667. The molecule has 1 aromatic carbocycles. The Morgan fingerprint density at radius 1 is 1.58 bits per heavy atom. The number of hydrogen-bond donors (Lipinski definition) is 3. The molecule has 1 aromatic rings. The van der Waals surface area contributed by atoms with Gasteiger partial charge in [-0.05, 0) is 12.1 Å². The van der Waals surface area contributed by atoms with Crippen molar-refractivity contribution in [3.63, 3.8) is 0 Å². The molecule has 6 heteroatoms. The van der Waals surface area contributed by atoms with E-state index in [0.29, 0.717) is 18.0 Å². The van der Waals surface area contributed by atoms with Crippen molar-refractivity contribution in [2.45, 2.75) is 12.5 Å². The van der Waals surface area contributed by atoms with Crippen molar-refractivity contribution in [1.82, 2.24) is 5.32 Å². The number of piperazine rings is 1. The van der Waals surface area contributed by atoms with Crippen molar-refractivity contribution in [2.24, 2.45) is 0 Å². The fraction of sp³-hybridized carbons (Fsp3) is 0.385. The first-order valence-electron chi connectivity index (χ1n) is 6.24. The zero-order valence-electron chi connectivity index (χ0n) is 10.8. The highest BCUT2D eigenvalue weighted by atomic mass is 16.5. The molecule has 1 aliphatic rings. The van der Waals surface area contributed by atoms with Crippen LogP contribution in [0.4, 0.5) is 5.69 Å². The maximum absolute atomic E-state index is 11.9. The van der Waals surface area contributed by atoms with Gasteiger partial charge in [0.1, 0.15) is 5.75 Å². The number of nitrogens with one attached hydrogen (secondary N) is 2. The molecule has 6 nitrogen and oxygen atoms in total. The Balaban J connectivity index is 1.91. The Morgan fingerprint density at radius 3 is 3.16 bits per heavy atom. The summed E-state index contributed by atoms with van der Waals surface area (Å²) in [6.07, 6.45) is 0.170. The molecule has 1 atom stereocenters. The lowest BCUT2D eigenvalue weighted by molar-refractivity contribution is -0.678. The van der Waals surface area contributed by atoms with Gasteiger partial charge in [-0.15, -0.1) is 0 Å². The quantitative estimate of drug-likeness (QED) is 0.658. The number of rotatable bonds is 4. The maximum atomic E-state index is 11.9. The molecule has 0 unspecified atom stereocenters. The highest BCUT2D eigenvalue weighted by Crippen LogP contribution is 2.16. The molecule has 1 fully saturated rings. The molecule has 1 aliphatic heterocycles. The first-order valence-corrected chi connectivity index (χ1v) is 6.24. The summed E-state index contributed by atoms with van der Waals surface area (Å²) in [5.74, 6) is 0.429. The highest BCUT2D eigenvalue weighted by Gasteiger charge is 2.27. The Bertz CT molecular complexity index is 476. The van der Waals surface area contributed by atoms with Crippen LogP contribution in [0.3, 0.4) is 0 Å². The summed E-state index contributed by atoms with van der Waals surface area (Å²) >= 11 is 0. The first kappa shape index (κ1) is 13.4. The van der Waals surface area contributed by atoms with Gasteiger partial charge < -0.3 is 20.7 Å². The molecular weight excluding hydrogens is 246 g/mol. The lowest BCUT2D eigenvalue weighted by Crippen LogP contribution is -2.96. The molecule has 2 rings (SSSR count). The molecule has 0 aliphatic carbocycles. The van der Waals surface area contributed by atoms with E-state index < -0.39 is 0 Å². The lowest BCUT2D eigenvalue weighted by Gasteiger charge is -2.19. The number of carbonyl (C=O) groups is 2. The molecule has 102 valence electrons. The number of hydrogen-bond acceptors (Lipinski definition) is 3. The van der Waals surface area contributed by atoms with E-state index in [1.165, 1.54) is 0 Å². The van der Waals surface area contributed by atoms with Crippen molar-refractivity contribution in [3.05, 3.63) is 24.3 Å². The van der Waals surface area contributed by atoms with Crippen molar-refractivity contribution >= 4 is 17.5 Å². The smallest absolute Gasteiger partial charge is 0.278 e. The topological polar surface area (TPSA) is 84.0 Å². The zero-order valence-corrected chi connectivity index (χ0v) is 10.8. The van der Waals surface area contributed by atoms with E-state index in [9.17, 15) is 9.59 Å². The van der Waals surface area contributed by atoms with Crippen LogP contribution >= 0.6 is 0 Å². The second kappa shape index (κ2) is 6.19. The van der Waals surface area contributed by atoms with E-state index in [4.69, 9.17) is 4.74 Å². The molecule has 2 amide bonds. The average Bonchev–Trinajstić information content (AvgIpc) is 2.41. The number of carbonyl (C=O) groups excluding carboxylic acids is 2. The SMILES string of the molecule is COc1cccc(NC(=O)C[C@H]2[NH2+]CCNC2=O)c1. The second-order valence-electron chi connectivity index (χ2n) is 4.41. The van der Waals surface area contributed by atoms with Crippen molar-refractivity contribution in [1.29, 1.82) is 0 Å². The molecule has 19 heavy (non-hydrogen) atoms. The van der Waals surface area contributed by atoms with E-state index in [-0.39, 0.29) is 24.3 Å². The second-order valence-corrected chi connectivity index (χ2v) is 4.41. The van der Waals surface area contributed by atoms with Gasteiger partial charge in [0, 0.05) is 11.8 Å². The van der Waals surface area contributed by atoms with Crippen LogP contribution in [-0.2, 0) is 9.59 Å². The summed E-state index contributed by atoms with van der Waals surface area (Å²) < 4.78 is 5.08. The van der Waals surface area contributed by atoms with E-state index >= 15 is 0 Å². The van der Waals surface area contributed by atoms with Crippen LogP contribution in [0.25, 0.3) is 0 Å². The van der Waals surface area contributed by atoms with Gasteiger partial charge in [0.25, 0.3) is 5.91 Å².